The van der Waals surface area contributed by atoms with Crippen LogP contribution in [-0.4, -0.2) is 25.4 Å². The molecule has 1 fully saturated rings. The number of benzene rings is 1. The van der Waals surface area contributed by atoms with E-state index in [-0.39, 0.29) is 5.60 Å². The lowest BCUT2D eigenvalue weighted by Crippen LogP contribution is -2.51. The Morgan fingerprint density at radius 1 is 1.31 bits per heavy atom. The van der Waals surface area contributed by atoms with Gasteiger partial charge in [-0.05, 0) is 43.1 Å². The maximum atomic E-state index is 5.96. The van der Waals surface area contributed by atoms with Crippen LogP contribution >= 0.6 is 0 Å². The fourth-order valence-electron chi connectivity index (χ4n) is 2.25. The van der Waals surface area contributed by atoms with Gasteiger partial charge in [0, 0.05) is 6.54 Å². The number of rotatable bonds is 2. The van der Waals surface area contributed by atoms with Gasteiger partial charge in [0.1, 0.15) is 5.75 Å². The molecule has 0 atom stereocenters. The van der Waals surface area contributed by atoms with E-state index in [2.05, 4.69) is 30.4 Å². The zero-order valence-electron chi connectivity index (χ0n) is 9.58. The lowest BCUT2D eigenvalue weighted by molar-refractivity contribution is -0.149. The van der Waals surface area contributed by atoms with Crippen LogP contribution in [0.3, 0.4) is 0 Å². The summed E-state index contributed by atoms with van der Waals surface area (Å²) >= 11 is 0. The minimum atomic E-state index is -0.110. The van der Waals surface area contributed by atoms with Crippen molar-refractivity contribution in [1.29, 1.82) is 0 Å². The van der Waals surface area contributed by atoms with Crippen LogP contribution in [0, 0.1) is 0 Å². The molecule has 2 heterocycles. The Morgan fingerprint density at radius 2 is 2.19 bits per heavy atom. The minimum Gasteiger partial charge on any atom is -0.483 e. The van der Waals surface area contributed by atoms with Gasteiger partial charge >= 0.3 is 0 Å². The van der Waals surface area contributed by atoms with Crippen molar-refractivity contribution in [3.63, 3.8) is 0 Å². The van der Waals surface area contributed by atoms with E-state index in [1.807, 2.05) is 0 Å². The lowest BCUT2D eigenvalue weighted by Gasteiger charge is -2.38. The number of ether oxygens (including phenoxy) is 2. The fourth-order valence-corrected chi connectivity index (χ4v) is 2.25. The molecule has 0 amide bonds. The highest BCUT2D eigenvalue weighted by molar-refractivity contribution is 5.37. The zero-order chi connectivity index (χ0) is 11.0. The molecule has 3 rings (SSSR count). The Morgan fingerprint density at radius 3 is 2.94 bits per heavy atom. The van der Waals surface area contributed by atoms with Crippen LogP contribution in [0.1, 0.15) is 18.1 Å². The molecule has 3 heteroatoms. The van der Waals surface area contributed by atoms with Crippen LogP contribution < -0.4 is 10.1 Å². The summed E-state index contributed by atoms with van der Waals surface area (Å²) in [7, 11) is 0. The molecule has 0 bridgehead atoms. The standard InChI is InChI=1S/C13H17NO2/c1-13(8-15-9-13)16-12-3-2-11-7-14-5-4-10(11)6-12/h2-3,6,14H,4-5,7-9H2,1H3. The van der Waals surface area contributed by atoms with Crippen LogP contribution in [0.4, 0.5) is 0 Å². The highest BCUT2D eigenvalue weighted by atomic mass is 16.6. The number of hydrogen-bond acceptors (Lipinski definition) is 3. The molecule has 0 aromatic heterocycles. The smallest absolute Gasteiger partial charge is 0.152 e. The van der Waals surface area contributed by atoms with Gasteiger partial charge in [-0.1, -0.05) is 6.07 Å². The van der Waals surface area contributed by atoms with Gasteiger partial charge in [0.25, 0.3) is 0 Å². The van der Waals surface area contributed by atoms with E-state index < -0.39 is 0 Å². The van der Waals surface area contributed by atoms with Crippen LogP contribution in [0.25, 0.3) is 0 Å². The van der Waals surface area contributed by atoms with Crippen LogP contribution in [0.15, 0.2) is 18.2 Å². The summed E-state index contributed by atoms with van der Waals surface area (Å²) in [6.45, 7) is 5.54. The van der Waals surface area contributed by atoms with Gasteiger partial charge in [0.15, 0.2) is 5.60 Å². The molecular formula is C13H17NO2. The number of hydrogen-bond donors (Lipinski definition) is 1. The Bertz CT molecular complexity index is 399. The minimum absolute atomic E-state index is 0.110. The van der Waals surface area contributed by atoms with E-state index in [4.69, 9.17) is 9.47 Å². The van der Waals surface area contributed by atoms with Gasteiger partial charge in [-0.2, -0.15) is 0 Å². The third-order valence-electron chi connectivity index (χ3n) is 3.24. The molecule has 1 aromatic carbocycles. The van der Waals surface area contributed by atoms with Gasteiger partial charge in [-0.15, -0.1) is 0 Å². The average molecular weight is 219 g/mol. The molecular weight excluding hydrogens is 202 g/mol. The van der Waals surface area contributed by atoms with Crippen molar-refractivity contribution in [3.8, 4) is 5.75 Å². The van der Waals surface area contributed by atoms with E-state index in [9.17, 15) is 0 Å². The second-order valence-electron chi connectivity index (χ2n) is 4.90. The first kappa shape index (κ1) is 10.1. The lowest BCUT2D eigenvalue weighted by atomic mass is 10.0. The molecule has 1 aromatic rings. The van der Waals surface area contributed by atoms with E-state index in [1.165, 1.54) is 11.1 Å². The van der Waals surface area contributed by atoms with Crippen molar-refractivity contribution < 1.29 is 9.47 Å². The van der Waals surface area contributed by atoms with Crippen molar-refractivity contribution in [2.24, 2.45) is 0 Å². The van der Waals surface area contributed by atoms with Crippen molar-refractivity contribution in [2.75, 3.05) is 19.8 Å². The fraction of sp³-hybridized carbons (Fsp3) is 0.538. The van der Waals surface area contributed by atoms with Crippen LogP contribution in [-0.2, 0) is 17.7 Å². The number of fused-ring (bicyclic) bond motifs is 1. The van der Waals surface area contributed by atoms with E-state index >= 15 is 0 Å². The molecule has 0 aliphatic carbocycles. The maximum absolute atomic E-state index is 5.96. The first-order valence-corrected chi connectivity index (χ1v) is 5.84. The quantitative estimate of drug-likeness (QED) is 0.817. The molecule has 1 N–H and O–H groups in total. The Kier molecular flexibility index (Phi) is 2.37. The van der Waals surface area contributed by atoms with Gasteiger partial charge in [-0.3, -0.25) is 0 Å². The molecule has 2 aliphatic rings. The van der Waals surface area contributed by atoms with E-state index in [0.29, 0.717) is 13.2 Å². The first-order chi connectivity index (χ1) is 7.75. The monoisotopic (exact) mass is 219 g/mol. The van der Waals surface area contributed by atoms with Gasteiger partial charge in [-0.25, -0.2) is 0 Å². The molecule has 16 heavy (non-hydrogen) atoms. The summed E-state index contributed by atoms with van der Waals surface area (Å²) in [6.07, 6.45) is 1.10. The van der Waals surface area contributed by atoms with Crippen molar-refractivity contribution in [3.05, 3.63) is 29.3 Å². The third-order valence-corrected chi connectivity index (χ3v) is 3.24. The largest absolute Gasteiger partial charge is 0.483 e. The average Bonchev–Trinajstić information content (AvgIpc) is 2.27. The van der Waals surface area contributed by atoms with Crippen LogP contribution in [0.2, 0.25) is 0 Å². The highest BCUT2D eigenvalue weighted by Gasteiger charge is 2.35. The Balaban J connectivity index is 1.80. The topological polar surface area (TPSA) is 30.5 Å². The normalized spacial score (nSPS) is 22.1. The molecule has 3 nitrogen and oxygen atoms in total. The van der Waals surface area contributed by atoms with Crippen molar-refractivity contribution in [1.82, 2.24) is 5.32 Å². The summed E-state index contributed by atoms with van der Waals surface area (Å²) < 4.78 is 11.1. The second-order valence-corrected chi connectivity index (χ2v) is 4.90. The predicted octanol–water partition coefficient (Wildman–Crippen LogP) is 1.50. The molecule has 2 aliphatic heterocycles. The molecule has 86 valence electrons. The van der Waals surface area contributed by atoms with Gasteiger partial charge in [0.2, 0.25) is 0 Å². The number of nitrogens with one attached hydrogen (secondary N) is 1. The molecule has 0 unspecified atom stereocenters. The zero-order valence-corrected chi connectivity index (χ0v) is 9.58. The Labute approximate surface area is 95.8 Å². The molecule has 0 spiro atoms. The van der Waals surface area contributed by atoms with Crippen molar-refractivity contribution in [2.45, 2.75) is 25.5 Å². The predicted molar refractivity (Wildman–Crippen MR) is 61.7 cm³/mol. The summed E-state index contributed by atoms with van der Waals surface area (Å²) in [4.78, 5) is 0. The summed E-state index contributed by atoms with van der Waals surface area (Å²) in [5, 5.41) is 3.37. The Hall–Kier alpha value is -1.06. The van der Waals surface area contributed by atoms with E-state index in [0.717, 1.165) is 25.3 Å². The SMILES string of the molecule is CC1(Oc2ccc3c(c2)CCNC3)COC1. The van der Waals surface area contributed by atoms with E-state index in [1.54, 1.807) is 0 Å². The summed E-state index contributed by atoms with van der Waals surface area (Å²) in [5.74, 6) is 0.978. The van der Waals surface area contributed by atoms with Gasteiger partial charge < -0.3 is 14.8 Å². The van der Waals surface area contributed by atoms with Crippen molar-refractivity contribution >= 4 is 0 Å². The highest BCUT2D eigenvalue weighted by Crippen LogP contribution is 2.27. The summed E-state index contributed by atoms with van der Waals surface area (Å²) in [6, 6.07) is 6.41. The molecule has 1 saturated heterocycles. The first-order valence-electron chi connectivity index (χ1n) is 5.84. The summed E-state index contributed by atoms with van der Waals surface area (Å²) in [5.41, 5.74) is 2.70. The van der Waals surface area contributed by atoms with Gasteiger partial charge in [0.05, 0.1) is 13.2 Å². The maximum Gasteiger partial charge on any atom is 0.152 e. The molecule has 0 radical (unpaired) electrons. The second kappa shape index (κ2) is 3.75. The van der Waals surface area contributed by atoms with Crippen LogP contribution in [0.5, 0.6) is 5.75 Å². The molecule has 0 saturated carbocycles. The third kappa shape index (κ3) is 1.81.